The third kappa shape index (κ3) is 2.59. The summed E-state index contributed by atoms with van der Waals surface area (Å²) in [7, 11) is -3.71. The Balaban J connectivity index is 1.68. The van der Waals surface area contributed by atoms with Gasteiger partial charge in [-0.05, 0) is 37.3 Å². The number of rotatable bonds is 3. The third-order valence-electron chi connectivity index (χ3n) is 5.30. The molecule has 1 fully saturated rings. The lowest BCUT2D eigenvalue weighted by atomic mass is 9.95. The summed E-state index contributed by atoms with van der Waals surface area (Å²) in [5.41, 5.74) is 0.597. The maximum atomic E-state index is 13.0. The van der Waals surface area contributed by atoms with Gasteiger partial charge in [-0.1, -0.05) is 43.5 Å². The van der Waals surface area contributed by atoms with E-state index in [4.69, 9.17) is 0 Å². The monoisotopic (exact) mass is 358 g/mol. The topological polar surface area (TPSA) is 66.5 Å². The zero-order valence-corrected chi connectivity index (χ0v) is 15.1. The average Bonchev–Trinajstić information content (AvgIpc) is 2.84. The van der Waals surface area contributed by atoms with Crippen molar-refractivity contribution in [3.05, 3.63) is 36.4 Å². The fourth-order valence-electron chi connectivity index (χ4n) is 4.01. The Bertz CT molecular complexity index is 928. The van der Waals surface area contributed by atoms with Gasteiger partial charge >= 0.3 is 0 Å². The van der Waals surface area contributed by atoms with Crippen LogP contribution in [-0.4, -0.2) is 26.4 Å². The molecule has 1 atom stereocenters. The number of sulfonamides is 1. The zero-order chi connectivity index (χ0) is 17.6. The van der Waals surface area contributed by atoms with Crippen LogP contribution in [0.15, 0.2) is 41.3 Å². The van der Waals surface area contributed by atoms with Crippen molar-refractivity contribution in [2.75, 3.05) is 4.31 Å². The number of carbonyl (C=O) groups is 1. The minimum absolute atomic E-state index is 0.159. The molecule has 1 aliphatic heterocycles. The van der Waals surface area contributed by atoms with E-state index in [0.29, 0.717) is 11.1 Å². The summed E-state index contributed by atoms with van der Waals surface area (Å²) in [6.07, 6.45) is 5.39. The van der Waals surface area contributed by atoms with Gasteiger partial charge in [0.1, 0.15) is 6.04 Å². The first-order valence-corrected chi connectivity index (χ1v) is 10.3. The van der Waals surface area contributed by atoms with Crippen LogP contribution in [-0.2, 0) is 14.8 Å². The highest BCUT2D eigenvalue weighted by Gasteiger charge is 2.41. The molecule has 2 aromatic rings. The molecule has 0 spiro atoms. The number of carbonyl (C=O) groups excluding carboxylic acids is 1. The first-order chi connectivity index (χ1) is 12.0. The van der Waals surface area contributed by atoms with Gasteiger partial charge in [-0.15, -0.1) is 0 Å². The van der Waals surface area contributed by atoms with E-state index in [2.05, 4.69) is 5.32 Å². The predicted molar refractivity (Wildman–Crippen MR) is 98.1 cm³/mol. The number of nitrogens with zero attached hydrogens (tertiary/aromatic N) is 1. The Morgan fingerprint density at radius 1 is 1.12 bits per heavy atom. The molecular weight excluding hydrogens is 336 g/mol. The van der Waals surface area contributed by atoms with Gasteiger partial charge in [-0.25, -0.2) is 8.42 Å². The van der Waals surface area contributed by atoms with Crippen LogP contribution in [0.25, 0.3) is 10.8 Å². The molecule has 0 unspecified atom stereocenters. The standard InChI is InChI=1S/C19H22N2O3S/c1-13(19(22)20-15-9-3-2-4-10-15)21-16-11-5-7-14-8-6-12-17(18(14)16)25(21,23)24/h5-8,11-13,15H,2-4,9-10H2,1H3,(H,20,22)/t13-/m1/s1. The summed E-state index contributed by atoms with van der Waals surface area (Å²) in [6.45, 7) is 1.67. The second-order valence-corrected chi connectivity index (χ2v) is 8.74. The second kappa shape index (κ2) is 6.02. The van der Waals surface area contributed by atoms with Crippen LogP contribution in [0.1, 0.15) is 39.0 Å². The molecule has 6 heteroatoms. The fourth-order valence-corrected chi connectivity index (χ4v) is 5.88. The van der Waals surface area contributed by atoms with E-state index in [0.717, 1.165) is 31.1 Å². The number of hydrogen-bond donors (Lipinski definition) is 1. The van der Waals surface area contributed by atoms with Crippen LogP contribution in [0.2, 0.25) is 0 Å². The maximum Gasteiger partial charge on any atom is 0.265 e. The molecule has 4 rings (SSSR count). The van der Waals surface area contributed by atoms with E-state index in [1.54, 1.807) is 25.1 Å². The smallest absolute Gasteiger partial charge is 0.265 e. The van der Waals surface area contributed by atoms with Gasteiger partial charge in [-0.2, -0.15) is 0 Å². The molecule has 1 saturated carbocycles. The molecule has 25 heavy (non-hydrogen) atoms. The van der Waals surface area contributed by atoms with Gasteiger partial charge in [0.2, 0.25) is 5.91 Å². The quantitative estimate of drug-likeness (QED) is 0.916. The molecule has 132 valence electrons. The van der Waals surface area contributed by atoms with Gasteiger partial charge in [0.05, 0.1) is 10.6 Å². The van der Waals surface area contributed by atoms with E-state index < -0.39 is 16.1 Å². The fraction of sp³-hybridized carbons (Fsp3) is 0.421. The molecule has 2 aliphatic rings. The van der Waals surface area contributed by atoms with Crippen molar-refractivity contribution in [3.8, 4) is 0 Å². The van der Waals surface area contributed by atoms with Crippen molar-refractivity contribution in [1.82, 2.24) is 5.32 Å². The number of hydrogen-bond acceptors (Lipinski definition) is 3. The molecule has 0 radical (unpaired) electrons. The Hall–Kier alpha value is -2.08. The zero-order valence-electron chi connectivity index (χ0n) is 14.2. The van der Waals surface area contributed by atoms with Crippen LogP contribution >= 0.6 is 0 Å². The molecular formula is C19H22N2O3S. The van der Waals surface area contributed by atoms with Crippen molar-refractivity contribution in [3.63, 3.8) is 0 Å². The summed E-state index contributed by atoms with van der Waals surface area (Å²) < 4.78 is 27.4. The molecule has 5 nitrogen and oxygen atoms in total. The largest absolute Gasteiger partial charge is 0.352 e. The van der Waals surface area contributed by atoms with Crippen LogP contribution in [0, 0.1) is 0 Å². The van der Waals surface area contributed by atoms with E-state index in [9.17, 15) is 13.2 Å². The summed E-state index contributed by atoms with van der Waals surface area (Å²) in [4.78, 5) is 13.0. The summed E-state index contributed by atoms with van der Waals surface area (Å²) in [6, 6.07) is 10.2. The number of amides is 1. The van der Waals surface area contributed by atoms with Crippen LogP contribution in [0.4, 0.5) is 5.69 Å². The molecule has 1 heterocycles. The SMILES string of the molecule is C[C@H](C(=O)NC1CCCCC1)N1c2cccc3cccc(c23)S1(=O)=O. The summed E-state index contributed by atoms with van der Waals surface area (Å²) in [5, 5.41) is 4.63. The van der Waals surface area contributed by atoms with Gasteiger partial charge in [0.15, 0.2) is 0 Å². The van der Waals surface area contributed by atoms with E-state index in [1.807, 2.05) is 18.2 Å². The van der Waals surface area contributed by atoms with E-state index >= 15 is 0 Å². The van der Waals surface area contributed by atoms with Crippen molar-refractivity contribution < 1.29 is 13.2 Å². The molecule has 1 amide bonds. The highest BCUT2D eigenvalue weighted by Crippen LogP contribution is 2.43. The van der Waals surface area contributed by atoms with Crippen molar-refractivity contribution in [2.24, 2.45) is 0 Å². The van der Waals surface area contributed by atoms with Crippen LogP contribution in [0.3, 0.4) is 0 Å². The van der Waals surface area contributed by atoms with E-state index in [1.165, 1.54) is 10.7 Å². The first-order valence-electron chi connectivity index (χ1n) is 8.87. The van der Waals surface area contributed by atoms with E-state index in [-0.39, 0.29) is 16.8 Å². The minimum atomic E-state index is -3.71. The normalized spacial score (nSPS) is 20.6. The van der Waals surface area contributed by atoms with Gasteiger partial charge in [0.25, 0.3) is 10.0 Å². The third-order valence-corrected chi connectivity index (χ3v) is 7.23. The summed E-state index contributed by atoms with van der Waals surface area (Å²) >= 11 is 0. The number of benzene rings is 2. The van der Waals surface area contributed by atoms with Gasteiger partial charge < -0.3 is 5.32 Å². The first kappa shape index (κ1) is 16.4. The highest BCUT2D eigenvalue weighted by atomic mass is 32.2. The molecule has 1 N–H and O–H groups in total. The molecule has 0 bridgehead atoms. The average molecular weight is 358 g/mol. The Morgan fingerprint density at radius 3 is 2.52 bits per heavy atom. The molecule has 2 aromatic carbocycles. The Morgan fingerprint density at radius 2 is 1.80 bits per heavy atom. The van der Waals surface area contributed by atoms with Crippen LogP contribution in [0.5, 0.6) is 0 Å². The number of anilines is 1. The molecule has 0 saturated heterocycles. The summed E-state index contributed by atoms with van der Waals surface area (Å²) in [5.74, 6) is -0.222. The Labute approximate surface area is 148 Å². The highest BCUT2D eigenvalue weighted by molar-refractivity contribution is 7.93. The second-order valence-electron chi connectivity index (χ2n) is 6.95. The Kier molecular flexibility index (Phi) is 3.95. The maximum absolute atomic E-state index is 13.0. The molecule has 0 aromatic heterocycles. The lowest BCUT2D eigenvalue weighted by molar-refractivity contribution is -0.122. The van der Waals surface area contributed by atoms with Gasteiger partial charge in [-0.3, -0.25) is 9.10 Å². The molecule has 1 aliphatic carbocycles. The van der Waals surface area contributed by atoms with Crippen LogP contribution < -0.4 is 9.62 Å². The minimum Gasteiger partial charge on any atom is -0.352 e. The number of nitrogens with one attached hydrogen (secondary N) is 1. The van der Waals surface area contributed by atoms with Crippen molar-refractivity contribution >= 4 is 32.4 Å². The predicted octanol–water partition coefficient (Wildman–Crippen LogP) is 3.19. The van der Waals surface area contributed by atoms with Gasteiger partial charge in [0, 0.05) is 11.4 Å². The van der Waals surface area contributed by atoms with Crippen molar-refractivity contribution in [1.29, 1.82) is 0 Å². The van der Waals surface area contributed by atoms with Crippen molar-refractivity contribution in [2.45, 2.75) is 56.0 Å². The lowest BCUT2D eigenvalue weighted by Gasteiger charge is -2.29. The lowest BCUT2D eigenvalue weighted by Crippen LogP contribution is -2.49.